The van der Waals surface area contributed by atoms with Crippen LogP contribution in [0.15, 0.2) is 53.5 Å². The quantitative estimate of drug-likeness (QED) is 0.567. The molecule has 0 radical (unpaired) electrons. The summed E-state index contributed by atoms with van der Waals surface area (Å²) >= 11 is 6.15. The Labute approximate surface area is 183 Å². The molecule has 160 valence electrons. The smallest absolute Gasteiger partial charge is 0.191 e. The minimum absolute atomic E-state index is 0.352. The number of morpholine rings is 1. The minimum atomic E-state index is 0.352. The van der Waals surface area contributed by atoms with E-state index in [9.17, 15) is 0 Å². The molecule has 4 rings (SSSR count). The van der Waals surface area contributed by atoms with Gasteiger partial charge in [0, 0.05) is 62.2 Å². The highest BCUT2D eigenvalue weighted by Gasteiger charge is 2.23. The molecule has 30 heavy (non-hydrogen) atoms. The van der Waals surface area contributed by atoms with E-state index >= 15 is 0 Å². The maximum Gasteiger partial charge on any atom is 0.191 e. The molecule has 0 aliphatic carbocycles. The summed E-state index contributed by atoms with van der Waals surface area (Å²) in [4.78, 5) is 9.21. The summed E-state index contributed by atoms with van der Waals surface area (Å²) in [7, 11) is 1.83. The average Bonchev–Trinajstić information content (AvgIpc) is 3.26. The lowest BCUT2D eigenvalue weighted by Gasteiger charge is -2.30. The number of hydrogen-bond acceptors (Lipinski definition) is 4. The Kier molecular flexibility index (Phi) is 6.97. The molecule has 2 fully saturated rings. The van der Waals surface area contributed by atoms with E-state index in [4.69, 9.17) is 16.3 Å². The van der Waals surface area contributed by atoms with E-state index in [1.54, 1.807) is 0 Å². The summed E-state index contributed by atoms with van der Waals surface area (Å²) in [5, 5.41) is 7.86. The average molecular weight is 428 g/mol. The van der Waals surface area contributed by atoms with Crippen LogP contribution in [0.2, 0.25) is 5.02 Å². The van der Waals surface area contributed by atoms with Gasteiger partial charge in [0.1, 0.15) is 0 Å². The molecule has 2 heterocycles. The number of guanidine groups is 1. The van der Waals surface area contributed by atoms with Crippen LogP contribution < -0.4 is 20.4 Å². The van der Waals surface area contributed by atoms with Crippen molar-refractivity contribution in [3.63, 3.8) is 0 Å². The number of nitrogens with one attached hydrogen (secondary N) is 2. The first-order valence-electron chi connectivity index (χ1n) is 10.6. The van der Waals surface area contributed by atoms with Crippen molar-refractivity contribution >= 4 is 28.9 Å². The molecule has 0 spiro atoms. The first-order valence-corrected chi connectivity index (χ1v) is 11.0. The zero-order valence-corrected chi connectivity index (χ0v) is 18.2. The Balaban J connectivity index is 1.33. The Morgan fingerprint density at radius 2 is 1.93 bits per heavy atom. The lowest BCUT2D eigenvalue weighted by molar-refractivity contribution is 0.122. The van der Waals surface area contributed by atoms with Gasteiger partial charge < -0.3 is 25.2 Å². The standard InChI is InChI=1S/C23H30ClN5O/c1-25-23(27-20-9-10-29(17-20)21-7-4-6-19(24)15-21)26-16-18-5-2-3-8-22(18)28-11-13-30-14-12-28/h2-8,15,20H,9-14,16-17H2,1H3,(H2,25,26,27). The lowest BCUT2D eigenvalue weighted by atomic mass is 10.1. The van der Waals surface area contributed by atoms with Crippen molar-refractivity contribution in [1.82, 2.24) is 10.6 Å². The molecule has 6 nitrogen and oxygen atoms in total. The van der Waals surface area contributed by atoms with Crippen molar-refractivity contribution in [2.75, 3.05) is 56.2 Å². The third-order valence-corrected chi connectivity index (χ3v) is 5.95. The number of aliphatic imine (C=N–C) groups is 1. The van der Waals surface area contributed by atoms with Crippen LogP contribution in [0, 0.1) is 0 Å². The summed E-state index contributed by atoms with van der Waals surface area (Å²) in [5.41, 5.74) is 3.72. The van der Waals surface area contributed by atoms with Crippen LogP contribution in [0.25, 0.3) is 0 Å². The summed E-state index contributed by atoms with van der Waals surface area (Å²) in [5.74, 6) is 0.838. The predicted octanol–water partition coefficient (Wildman–Crippen LogP) is 3.12. The second-order valence-corrected chi connectivity index (χ2v) is 8.15. The van der Waals surface area contributed by atoms with Gasteiger partial charge in [0.05, 0.1) is 13.2 Å². The van der Waals surface area contributed by atoms with Gasteiger partial charge in [-0.1, -0.05) is 35.9 Å². The molecule has 1 atom stereocenters. The van der Waals surface area contributed by atoms with E-state index in [1.807, 2.05) is 25.2 Å². The highest BCUT2D eigenvalue weighted by atomic mass is 35.5. The van der Waals surface area contributed by atoms with Gasteiger partial charge >= 0.3 is 0 Å². The number of hydrogen-bond donors (Lipinski definition) is 2. The van der Waals surface area contributed by atoms with Gasteiger partial charge in [-0.3, -0.25) is 4.99 Å². The molecule has 0 aromatic heterocycles. The molecule has 2 aliphatic rings. The number of ether oxygens (including phenoxy) is 1. The molecule has 0 bridgehead atoms. The van der Waals surface area contributed by atoms with Crippen LogP contribution in [0.3, 0.4) is 0 Å². The van der Waals surface area contributed by atoms with Crippen molar-refractivity contribution in [1.29, 1.82) is 0 Å². The molecular formula is C23H30ClN5O. The fourth-order valence-electron chi connectivity index (χ4n) is 4.13. The van der Waals surface area contributed by atoms with Crippen LogP contribution >= 0.6 is 11.6 Å². The highest BCUT2D eigenvalue weighted by Crippen LogP contribution is 2.24. The van der Waals surface area contributed by atoms with E-state index in [0.29, 0.717) is 6.04 Å². The van der Waals surface area contributed by atoms with Crippen molar-refractivity contribution in [3.8, 4) is 0 Å². The molecule has 2 saturated heterocycles. The van der Waals surface area contributed by atoms with Crippen molar-refractivity contribution in [3.05, 3.63) is 59.1 Å². The fraction of sp³-hybridized carbons (Fsp3) is 0.435. The number of nitrogens with zero attached hydrogens (tertiary/aromatic N) is 3. The molecule has 7 heteroatoms. The molecule has 2 aromatic rings. The highest BCUT2D eigenvalue weighted by molar-refractivity contribution is 6.30. The summed E-state index contributed by atoms with van der Waals surface area (Å²) in [6.07, 6.45) is 1.07. The monoisotopic (exact) mass is 427 g/mol. The third kappa shape index (κ3) is 5.18. The molecular weight excluding hydrogens is 398 g/mol. The lowest BCUT2D eigenvalue weighted by Crippen LogP contribution is -2.44. The van der Waals surface area contributed by atoms with Gasteiger partial charge in [0.15, 0.2) is 5.96 Å². The topological polar surface area (TPSA) is 52.1 Å². The Morgan fingerprint density at radius 1 is 1.10 bits per heavy atom. The van der Waals surface area contributed by atoms with Gasteiger partial charge in [-0.25, -0.2) is 0 Å². The number of benzene rings is 2. The Bertz CT molecular complexity index is 868. The second kappa shape index (κ2) is 10.0. The number of halogens is 1. The number of rotatable bonds is 5. The third-order valence-electron chi connectivity index (χ3n) is 5.72. The number of para-hydroxylation sites is 1. The van der Waals surface area contributed by atoms with E-state index in [-0.39, 0.29) is 0 Å². The van der Waals surface area contributed by atoms with E-state index in [2.05, 4.69) is 55.8 Å². The molecule has 0 saturated carbocycles. The van der Waals surface area contributed by atoms with Crippen LogP contribution in [-0.2, 0) is 11.3 Å². The van der Waals surface area contributed by atoms with Crippen LogP contribution in [0.5, 0.6) is 0 Å². The van der Waals surface area contributed by atoms with Gasteiger partial charge in [-0.2, -0.15) is 0 Å². The Hall–Kier alpha value is -2.44. The van der Waals surface area contributed by atoms with E-state index in [0.717, 1.165) is 63.3 Å². The van der Waals surface area contributed by atoms with Crippen LogP contribution in [0.4, 0.5) is 11.4 Å². The maximum atomic E-state index is 6.15. The molecule has 0 amide bonds. The van der Waals surface area contributed by atoms with Gasteiger partial charge in [0.25, 0.3) is 0 Å². The van der Waals surface area contributed by atoms with Gasteiger partial charge in [0.2, 0.25) is 0 Å². The SMILES string of the molecule is CN=C(NCc1ccccc1N1CCOCC1)NC1CCN(c2cccc(Cl)c2)C1. The van der Waals surface area contributed by atoms with E-state index < -0.39 is 0 Å². The molecule has 1 unspecified atom stereocenters. The zero-order valence-electron chi connectivity index (χ0n) is 17.5. The molecule has 2 aromatic carbocycles. The maximum absolute atomic E-state index is 6.15. The van der Waals surface area contributed by atoms with Gasteiger partial charge in [-0.15, -0.1) is 0 Å². The molecule has 2 N–H and O–H groups in total. The van der Waals surface area contributed by atoms with Crippen molar-refractivity contribution < 1.29 is 4.74 Å². The zero-order chi connectivity index (χ0) is 20.8. The van der Waals surface area contributed by atoms with Gasteiger partial charge in [-0.05, 0) is 36.2 Å². The van der Waals surface area contributed by atoms with Crippen LogP contribution in [0.1, 0.15) is 12.0 Å². The summed E-state index contributed by atoms with van der Waals surface area (Å²) in [6, 6.07) is 17.0. The normalized spacial score (nSPS) is 19.8. The van der Waals surface area contributed by atoms with Crippen LogP contribution in [-0.4, -0.2) is 58.4 Å². The predicted molar refractivity (Wildman–Crippen MR) is 125 cm³/mol. The molecule has 2 aliphatic heterocycles. The minimum Gasteiger partial charge on any atom is -0.378 e. The fourth-order valence-corrected chi connectivity index (χ4v) is 4.31. The van der Waals surface area contributed by atoms with E-state index in [1.165, 1.54) is 16.9 Å². The first kappa shape index (κ1) is 20.8. The van der Waals surface area contributed by atoms with Crippen molar-refractivity contribution in [2.24, 2.45) is 4.99 Å². The first-order chi connectivity index (χ1) is 14.7. The Morgan fingerprint density at radius 3 is 2.73 bits per heavy atom. The largest absolute Gasteiger partial charge is 0.378 e. The summed E-state index contributed by atoms with van der Waals surface area (Å²) in [6.45, 7) is 6.13. The summed E-state index contributed by atoms with van der Waals surface area (Å²) < 4.78 is 5.50. The second-order valence-electron chi connectivity index (χ2n) is 7.71. The van der Waals surface area contributed by atoms with Crippen molar-refractivity contribution in [2.45, 2.75) is 19.0 Å². The number of anilines is 2.